The summed E-state index contributed by atoms with van der Waals surface area (Å²) < 4.78 is 76.7. The van der Waals surface area contributed by atoms with Gasteiger partial charge < -0.3 is 75.3 Å². The molecule has 2 saturated heterocycles. The Morgan fingerprint density at radius 3 is 1.83 bits per heavy atom. The molecule has 0 amide bonds. The van der Waals surface area contributed by atoms with Crippen LogP contribution in [0, 0.1) is 17.3 Å². The van der Waals surface area contributed by atoms with E-state index in [9.17, 15) is 43.0 Å². The Morgan fingerprint density at radius 2 is 1.34 bits per heavy atom. The van der Waals surface area contributed by atoms with Gasteiger partial charge in [-0.3, -0.25) is 4.55 Å². The first kappa shape index (κ1) is 45.7. The zero-order valence-electron chi connectivity index (χ0n) is 30.6. The lowest BCUT2D eigenvalue weighted by atomic mass is 9.71. The first-order chi connectivity index (χ1) is 24.3. The van der Waals surface area contributed by atoms with E-state index in [0.29, 0.717) is 0 Å². The lowest BCUT2D eigenvalue weighted by Crippen LogP contribution is -2.69. The Labute approximate surface area is 308 Å². The molecule has 1 saturated carbocycles. The van der Waals surface area contributed by atoms with Crippen LogP contribution in [-0.4, -0.2) is 174 Å². The molecule has 0 bridgehead atoms. The summed E-state index contributed by atoms with van der Waals surface area (Å²) >= 11 is 0. The second-order valence-electron chi connectivity index (χ2n) is 15.7. The minimum atomic E-state index is -5.07. The van der Waals surface area contributed by atoms with Crippen LogP contribution in [-0.2, 0) is 53.1 Å². The highest BCUT2D eigenvalue weighted by atomic mass is 32.2. The zero-order chi connectivity index (χ0) is 40.2. The largest absolute Gasteiger partial charge is 0.480 e. The number of aliphatic hydroxyl groups excluding tert-OH is 4. The van der Waals surface area contributed by atoms with Gasteiger partial charge in [0.05, 0.1) is 67.5 Å². The van der Waals surface area contributed by atoms with Gasteiger partial charge in [0.1, 0.15) is 31.5 Å². The molecule has 21 nitrogen and oxygen atoms in total. The van der Waals surface area contributed by atoms with Crippen molar-refractivity contribution in [1.82, 2.24) is 4.72 Å². The maximum atomic E-state index is 12.2. The van der Waals surface area contributed by atoms with Crippen LogP contribution in [0.1, 0.15) is 48.0 Å². The van der Waals surface area contributed by atoms with E-state index >= 15 is 0 Å². The third-order valence-electron chi connectivity index (χ3n) is 9.24. The highest BCUT2D eigenvalue weighted by molar-refractivity contribution is 7.83. The Morgan fingerprint density at radius 1 is 0.811 bits per heavy atom. The molecule has 12 N–H and O–H groups in total. The van der Waals surface area contributed by atoms with Crippen molar-refractivity contribution in [2.24, 2.45) is 28.7 Å². The smallest absolute Gasteiger partial charge is 0.333 e. The maximum absolute atomic E-state index is 12.2. The first-order valence-electron chi connectivity index (χ1n) is 17.1. The number of nitrogens with one attached hydrogen (secondary N) is 1. The van der Waals surface area contributed by atoms with Crippen LogP contribution in [0.25, 0.3) is 0 Å². The molecule has 0 aromatic rings. The fraction of sp³-hybridized carbons (Fsp3) is 0.935. The fourth-order valence-corrected chi connectivity index (χ4v) is 7.63. The van der Waals surface area contributed by atoms with Crippen molar-refractivity contribution < 1.29 is 86.4 Å². The highest BCUT2D eigenvalue weighted by Gasteiger charge is 2.55. The van der Waals surface area contributed by atoms with E-state index in [4.69, 9.17) is 54.8 Å². The molecule has 0 aromatic carbocycles. The molecule has 2 heterocycles. The summed E-state index contributed by atoms with van der Waals surface area (Å²) in [5, 5.41) is 62.9. The second-order valence-corrected chi connectivity index (χ2v) is 16.9. The number of aliphatic hydroxyl groups is 4. The highest BCUT2D eigenvalue weighted by Crippen LogP contribution is 2.41. The molecule has 0 aromatic heterocycles. The molecular weight excluding hydrogens is 734 g/mol. The number of rotatable bonds is 16. The minimum Gasteiger partial charge on any atom is -0.480 e. The molecule has 0 spiro atoms. The summed E-state index contributed by atoms with van der Waals surface area (Å²) in [6, 6.07) is -4.23. The van der Waals surface area contributed by atoms with Crippen LogP contribution < -0.4 is 16.2 Å². The monoisotopic (exact) mass is 791 g/mol. The Balaban J connectivity index is 1.92. The first-order valence-corrected chi connectivity index (χ1v) is 18.6. The maximum Gasteiger partial charge on any atom is 0.333 e. The molecule has 3 rings (SSSR count). The Kier molecular flexibility index (Phi) is 15.9. The van der Waals surface area contributed by atoms with Gasteiger partial charge in [0.15, 0.2) is 12.6 Å². The number of hydrogen-bond acceptors (Lipinski definition) is 17. The molecule has 2 aliphatic heterocycles. The van der Waals surface area contributed by atoms with Crippen LogP contribution in [0.4, 0.5) is 0 Å². The van der Waals surface area contributed by atoms with Crippen LogP contribution in [0.15, 0.2) is 0 Å². The molecule has 3 fully saturated rings. The fourth-order valence-electron chi connectivity index (χ4n) is 6.99. The molecule has 0 radical (unpaired) electrons. The van der Waals surface area contributed by atoms with Crippen LogP contribution >= 0.6 is 0 Å². The number of carbonyl (C=O) groups is 2. The van der Waals surface area contributed by atoms with Crippen LogP contribution in [0.5, 0.6) is 0 Å². The second kappa shape index (κ2) is 18.5. The summed E-state index contributed by atoms with van der Waals surface area (Å²) in [5.41, 5.74) is 11.2. The van der Waals surface area contributed by atoms with Crippen molar-refractivity contribution in [2.75, 3.05) is 33.0 Å². The number of carboxylic acid groups (broad SMARTS) is 2. The normalized spacial score (nSPS) is 38.8. The molecule has 3 aliphatic rings. The third kappa shape index (κ3) is 12.6. The van der Waals surface area contributed by atoms with Gasteiger partial charge in [-0.25, -0.2) is 9.59 Å². The zero-order valence-corrected chi connectivity index (χ0v) is 31.4. The number of carboxylic acids is 2. The lowest BCUT2D eigenvalue weighted by Gasteiger charge is -2.51. The van der Waals surface area contributed by atoms with Gasteiger partial charge in [-0.2, -0.15) is 13.1 Å². The van der Waals surface area contributed by atoms with Gasteiger partial charge in [-0.1, -0.05) is 20.8 Å². The molecule has 53 heavy (non-hydrogen) atoms. The van der Waals surface area contributed by atoms with Gasteiger partial charge >= 0.3 is 22.2 Å². The quantitative estimate of drug-likeness (QED) is 0.0687. The number of ether oxygens (including phenoxy) is 7. The minimum absolute atomic E-state index is 0.287. The van der Waals surface area contributed by atoms with Crippen molar-refractivity contribution in [2.45, 2.75) is 133 Å². The van der Waals surface area contributed by atoms with E-state index in [1.165, 1.54) is 0 Å². The van der Waals surface area contributed by atoms with Crippen LogP contribution in [0.2, 0.25) is 0 Å². The van der Waals surface area contributed by atoms with Crippen molar-refractivity contribution in [3.63, 3.8) is 0 Å². The van der Waals surface area contributed by atoms with E-state index < -0.39 is 151 Å². The van der Waals surface area contributed by atoms with Gasteiger partial charge in [-0.05, 0) is 32.6 Å². The SMILES string of the molecule is CC(C)(C)OC1OC(COCC(=O)O)C(OC2CC(CO)C(OC3OC(COCC(=O)O)C(C(C)(C)C)C(O)C3N)C(O)C2NS(=O)(=O)O)C(O)C1N. The summed E-state index contributed by atoms with van der Waals surface area (Å²) in [6.45, 7) is 7.71. The van der Waals surface area contributed by atoms with E-state index in [1.807, 2.05) is 25.5 Å². The average Bonchev–Trinajstić information content (AvgIpc) is 3.00. The Hall–Kier alpha value is -1.71. The molecule has 22 heteroatoms. The van der Waals surface area contributed by atoms with E-state index in [2.05, 4.69) is 0 Å². The standard InChI is InChI=1S/C31H57N3O18S/c1-30(2,3)19-15(9-46-11-17(36)37)49-28(20(32)23(19)40)51-26-13(8-35)7-14(22(25(26)42)34-53(43,44)45)48-27-16(10-47-12-18(38)39)50-29(21(33)24(27)41)52-31(4,5)6/h13-16,19-29,34-35,40-42H,7-12,32-33H2,1-6H3,(H,36,37)(H,38,39)(H,43,44,45). The number of aliphatic carboxylic acids is 2. The predicted molar refractivity (Wildman–Crippen MR) is 179 cm³/mol. The van der Waals surface area contributed by atoms with Gasteiger partial charge in [-0.15, -0.1) is 0 Å². The molecule has 310 valence electrons. The van der Waals surface area contributed by atoms with E-state index in [1.54, 1.807) is 20.8 Å². The van der Waals surface area contributed by atoms with Crippen LogP contribution in [0.3, 0.4) is 0 Å². The van der Waals surface area contributed by atoms with Gasteiger partial charge in [0.25, 0.3) is 0 Å². The van der Waals surface area contributed by atoms with Gasteiger partial charge in [0.2, 0.25) is 0 Å². The lowest BCUT2D eigenvalue weighted by molar-refractivity contribution is -0.314. The van der Waals surface area contributed by atoms with E-state index in [0.717, 1.165) is 0 Å². The summed E-state index contributed by atoms with van der Waals surface area (Å²) in [7, 11) is -5.07. The average molecular weight is 792 g/mol. The number of nitrogens with two attached hydrogens (primary N) is 2. The summed E-state index contributed by atoms with van der Waals surface area (Å²) in [5.74, 6) is -4.28. The topological polar surface area (TPSA) is 339 Å². The number of hydrogen-bond donors (Lipinski definition) is 10. The van der Waals surface area contributed by atoms with Crippen molar-refractivity contribution in [3.05, 3.63) is 0 Å². The van der Waals surface area contributed by atoms with E-state index in [-0.39, 0.29) is 13.0 Å². The molecular formula is C31H57N3O18S. The predicted octanol–water partition coefficient (Wildman–Crippen LogP) is -3.23. The van der Waals surface area contributed by atoms with Crippen molar-refractivity contribution >= 4 is 22.2 Å². The van der Waals surface area contributed by atoms with Gasteiger partial charge in [0, 0.05) is 18.4 Å². The molecule has 15 unspecified atom stereocenters. The summed E-state index contributed by atoms with van der Waals surface area (Å²) in [6.07, 6.45) is -14.4. The third-order valence-corrected chi connectivity index (χ3v) is 9.81. The molecule has 15 atom stereocenters. The Bertz CT molecular complexity index is 1310. The summed E-state index contributed by atoms with van der Waals surface area (Å²) in [4.78, 5) is 22.2. The van der Waals surface area contributed by atoms with Crippen molar-refractivity contribution in [3.8, 4) is 0 Å². The molecule has 1 aliphatic carbocycles. The van der Waals surface area contributed by atoms with Crippen molar-refractivity contribution in [1.29, 1.82) is 0 Å².